The Morgan fingerprint density at radius 1 is 1.33 bits per heavy atom. The van der Waals surface area contributed by atoms with Crippen molar-refractivity contribution in [3.8, 4) is 5.75 Å². The summed E-state index contributed by atoms with van der Waals surface area (Å²) in [5.41, 5.74) is 2.57. The van der Waals surface area contributed by atoms with Crippen LogP contribution >= 0.6 is 11.8 Å². The summed E-state index contributed by atoms with van der Waals surface area (Å²) in [5.74, 6) is 0.799. The Hall–Kier alpha value is -1.75. The minimum Gasteiger partial charge on any atom is -0.496 e. The Morgan fingerprint density at radius 3 is 2.76 bits per heavy atom. The number of aryl methyl sites for hydroxylation is 1. The first-order chi connectivity index (χ1) is 10.2. The van der Waals surface area contributed by atoms with Gasteiger partial charge in [-0.3, -0.25) is 4.79 Å². The Kier molecular flexibility index (Phi) is 5.44. The van der Waals surface area contributed by atoms with E-state index in [4.69, 9.17) is 4.74 Å². The van der Waals surface area contributed by atoms with Gasteiger partial charge in [-0.2, -0.15) is 0 Å². The molecule has 21 heavy (non-hydrogen) atoms. The first-order valence-corrected chi connectivity index (χ1v) is 8.20. The molecule has 0 bridgehead atoms. The molecule has 0 aliphatic rings. The van der Waals surface area contributed by atoms with Gasteiger partial charge in [0, 0.05) is 12.0 Å². The van der Waals surface area contributed by atoms with Gasteiger partial charge in [0.25, 0.3) is 5.56 Å². The summed E-state index contributed by atoms with van der Waals surface area (Å²) in [4.78, 5) is 19.7. The van der Waals surface area contributed by atoms with Crippen LogP contribution in [0.3, 0.4) is 0 Å². The number of hydrogen-bond donors (Lipinski definition) is 1. The summed E-state index contributed by atoms with van der Waals surface area (Å²) in [6, 6.07) is 7.77. The van der Waals surface area contributed by atoms with Gasteiger partial charge in [0.05, 0.1) is 12.8 Å². The van der Waals surface area contributed by atoms with Crippen molar-refractivity contribution in [3.05, 3.63) is 51.4 Å². The summed E-state index contributed by atoms with van der Waals surface area (Å²) in [6.07, 6.45) is 4.22. The van der Waals surface area contributed by atoms with Gasteiger partial charge in [-0.1, -0.05) is 43.3 Å². The van der Waals surface area contributed by atoms with Gasteiger partial charge in [0.1, 0.15) is 5.75 Å². The topological polar surface area (TPSA) is 55.0 Å². The molecule has 0 atom stereocenters. The number of methoxy groups -OCH3 is 1. The van der Waals surface area contributed by atoms with Crippen molar-refractivity contribution in [1.82, 2.24) is 9.97 Å². The van der Waals surface area contributed by atoms with E-state index in [0.717, 1.165) is 35.4 Å². The lowest BCUT2D eigenvalue weighted by Gasteiger charge is -2.11. The highest BCUT2D eigenvalue weighted by Gasteiger charge is 2.13. The van der Waals surface area contributed by atoms with E-state index in [0.29, 0.717) is 11.6 Å². The van der Waals surface area contributed by atoms with Crippen LogP contribution in [0.5, 0.6) is 5.75 Å². The second kappa shape index (κ2) is 7.31. The van der Waals surface area contributed by atoms with Crippen LogP contribution in [0.4, 0.5) is 0 Å². The fourth-order valence-electron chi connectivity index (χ4n) is 2.28. The maximum absolute atomic E-state index is 12.3. The first-order valence-electron chi connectivity index (χ1n) is 6.97. The number of nitrogens with zero attached hydrogens (tertiary/aromatic N) is 1. The van der Waals surface area contributed by atoms with Crippen LogP contribution in [0.1, 0.15) is 30.2 Å². The third-order valence-corrected chi connectivity index (χ3v) is 3.90. The fraction of sp³-hybridized carbons (Fsp3) is 0.375. The Bertz CT molecular complexity index is 668. The Morgan fingerprint density at radius 2 is 2.10 bits per heavy atom. The highest BCUT2D eigenvalue weighted by molar-refractivity contribution is 7.98. The molecule has 1 N–H and O–H groups in total. The number of aromatic nitrogens is 2. The summed E-state index contributed by atoms with van der Waals surface area (Å²) in [5, 5.41) is 0.673. The van der Waals surface area contributed by atoms with E-state index in [2.05, 4.69) is 16.9 Å². The van der Waals surface area contributed by atoms with E-state index >= 15 is 0 Å². The van der Waals surface area contributed by atoms with Gasteiger partial charge in [0.2, 0.25) is 0 Å². The zero-order valence-corrected chi connectivity index (χ0v) is 13.4. The number of para-hydroxylation sites is 1. The molecule has 0 saturated carbocycles. The normalized spacial score (nSPS) is 10.6. The van der Waals surface area contributed by atoms with Crippen molar-refractivity contribution >= 4 is 11.8 Å². The smallest absolute Gasteiger partial charge is 0.255 e. The molecule has 5 heteroatoms. The molecule has 0 radical (unpaired) electrons. The first kappa shape index (κ1) is 15.6. The number of hydrogen-bond acceptors (Lipinski definition) is 4. The number of benzene rings is 1. The SMILES string of the molecule is CCCc1nc(SC)[nH]c(=O)c1Cc1ccccc1OC. The summed E-state index contributed by atoms with van der Waals surface area (Å²) in [7, 11) is 1.64. The molecule has 0 amide bonds. The van der Waals surface area contributed by atoms with Crippen molar-refractivity contribution in [2.75, 3.05) is 13.4 Å². The largest absolute Gasteiger partial charge is 0.496 e. The molecule has 0 spiro atoms. The molecule has 1 aromatic heterocycles. The summed E-state index contributed by atoms with van der Waals surface area (Å²) >= 11 is 1.45. The van der Waals surface area contributed by atoms with Crippen LogP contribution < -0.4 is 10.3 Å². The van der Waals surface area contributed by atoms with E-state index < -0.39 is 0 Å². The predicted octanol–water partition coefficient (Wildman–Crippen LogP) is 3.04. The molecule has 2 rings (SSSR count). The molecular formula is C16H20N2O2S. The molecule has 0 aliphatic carbocycles. The summed E-state index contributed by atoms with van der Waals surface area (Å²) in [6.45, 7) is 2.09. The highest BCUT2D eigenvalue weighted by Crippen LogP contribution is 2.21. The average molecular weight is 304 g/mol. The monoisotopic (exact) mass is 304 g/mol. The second-order valence-corrected chi connectivity index (χ2v) is 5.53. The zero-order chi connectivity index (χ0) is 15.2. The average Bonchev–Trinajstić information content (AvgIpc) is 2.51. The predicted molar refractivity (Wildman–Crippen MR) is 86.4 cm³/mol. The van der Waals surface area contributed by atoms with Crippen LogP contribution in [0, 0.1) is 0 Å². The van der Waals surface area contributed by atoms with Gasteiger partial charge < -0.3 is 9.72 Å². The molecular weight excluding hydrogens is 284 g/mol. The molecule has 112 valence electrons. The number of nitrogens with one attached hydrogen (secondary N) is 1. The molecule has 2 aromatic rings. The van der Waals surface area contributed by atoms with Crippen LogP contribution in [0.15, 0.2) is 34.2 Å². The third-order valence-electron chi connectivity index (χ3n) is 3.32. The van der Waals surface area contributed by atoms with Crippen molar-refractivity contribution in [2.24, 2.45) is 0 Å². The lowest BCUT2D eigenvalue weighted by atomic mass is 10.0. The van der Waals surface area contributed by atoms with Gasteiger partial charge in [-0.25, -0.2) is 4.98 Å². The lowest BCUT2D eigenvalue weighted by Crippen LogP contribution is -2.19. The standard InChI is InChI=1S/C16H20N2O2S/c1-4-7-13-12(15(19)18-16(17-13)21-3)10-11-8-5-6-9-14(11)20-2/h5-6,8-9H,4,7,10H2,1-3H3,(H,17,18,19). The number of aromatic amines is 1. The number of rotatable bonds is 6. The summed E-state index contributed by atoms with van der Waals surface area (Å²) < 4.78 is 5.37. The van der Waals surface area contributed by atoms with Gasteiger partial charge >= 0.3 is 0 Å². The molecule has 1 aromatic carbocycles. The van der Waals surface area contributed by atoms with Crippen LogP contribution in [-0.4, -0.2) is 23.3 Å². The molecule has 0 fully saturated rings. The van der Waals surface area contributed by atoms with Gasteiger partial charge in [0.15, 0.2) is 5.16 Å². The van der Waals surface area contributed by atoms with Gasteiger partial charge in [-0.05, 0) is 24.3 Å². The molecule has 0 unspecified atom stereocenters. The molecule has 4 nitrogen and oxygen atoms in total. The minimum atomic E-state index is -0.0521. The van der Waals surface area contributed by atoms with Crippen molar-refractivity contribution in [3.63, 3.8) is 0 Å². The van der Waals surface area contributed by atoms with E-state index in [1.165, 1.54) is 11.8 Å². The Balaban J connectivity index is 2.45. The molecule has 1 heterocycles. The Labute approximate surface area is 129 Å². The number of H-pyrrole nitrogens is 1. The highest BCUT2D eigenvalue weighted by atomic mass is 32.2. The van der Waals surface area contributed by atoms with Crippen molar-refractivity contribution in [2.45, 2.75) is 31.3 Å². The minimum absolute atomic E-state index is 0.0521. The maximum atomic E-state index is 12.3. The van der Waals surface area contributed by atoms with Crippen LogP contribution in [0.25, 0.3) is 0 Å². The maximum Gasteiger partial charge on any atom is 0.255 e. The second-order valence-electron chi connectivity index (χ2n) is 4.74. The van der Waals surface area contributed by atoms with E-state index in [1.54, 1.807) is 7.11 Å². The third kappa shape index (κ3) is 3.67. The van der Waals surface area contributed by atoms with Crippen molar-refractivity contribution < 1.29 is 4.74 Å². The van der Waals surface area contributed by atoms with Gasteiger partial charge in [-0.15, -0.1) is 0 Å². The lowest BCUT2D eigenvalue weighted by molar-refractivity contribution is 0.410. The molecule has 0 saturated heterocycles. The molecule has 0 aliphatic heterocycles. The fourth-order valence-corrected chi connectivity index (χ4v) is 2.68. The number of thioether (sulfide) groups is 1. The number of ether oxygens (including phenoxy) is 1. The van der Waals surface area contributed by atoms with Crippen LogP contribution in [-0.2, 0) is 12.8 Å². The quantitative estimate of drug-likeness (QED) is 0.658. The van der Waals surface area contributed by atoms with E-state index in [-0.39, 0.29) is 5.56 Å². The zero-order valence-electron chi connectivity index (χ0n) is 12.6. The van der Waals surface area contributed by atoms with Crippen molar-refractivity contribution in [1.29, 1.82) is 0 Å². The van der Waals surface area contributed by atoms with E-state index in [9.17, 15) is 4.79 Å². The van der Waals surface area contributed by atoms with E-state index in [1.807, 2.05) is 30.5 Å². The van der Waals surface area contributed by atoms with Crippen LogP contribution in [0.2, 0.25) is 0 Å².